The Hall–Kier alpha value is -0.890. The molecule has 0 heterocycles. The minimum atomic E-state index is -0.170. The van der Waals surface area contributed by atoms with Gasteiger partial charge >= 0.3 is 0 Å². The third-order valence-corrected chi connectivity index (χ3v) is 4.63. The normalized spacial score (nSPS) is 32.5. The van der Waals surface area contributed by atoms with E-state index in [4.69, 9.17) is 5.73 Å². The van der Waals surface area contributed by atoms with Crippen molar-refractivity contribution >= 4 is 0 Å². The summed E-state index contributed by atoms with van der Waals surface area (Å²) in [4.78, 5) is 0. The first kappa shape index (κ1) is 13.5. The summed E-state index contributed by atoms with van der Waals surface area (Å²) in [6.07, 6.45) is 4.29. The van der Waals surface area contributed by atoms with E-state index in [1.165, 1.54) is 18.9 Å². The van der Waals surface area contributed by atoms with E-state index in [-0.39, 0.29) is 11.4 Å². The Morgan fingerprint density at radius 3 is 2.78 bits per heavy atom. The van der Waals surface area contributed by atoms with Gasteiger partial charge in [-0.15, -0.1) is 0 Å². The molecule has 0 radical (unpaired) electrons. The Morgan fingerprint density at radius 1 is 1.33 bits per heavy atom. The summed E-state index contributed by atoms with van der Waals surface area (Å²) in [6, 6.07) is 5.02. The molecule has 0 spiro atoms. The topological polar surface area (TPSA) is 26.0 Å². The number of aryl methyl sites for hydroxylation is 1. The van der Waals surface area contributed by atoms with Crippen LogP contribution >= 0.6 is 0 Å². The van der Waals surface area contributed by atoms with Crippen LogP contribution in [0.3, 0.4) is 0 Å². The lowest BCUT2D eigenvalue weighted by atomic mass is 9.67. The predicted molar refractivity (Wildman–Crippen MR) is 73.9 cm³/mol. The minimum absolute atomic E-state index is 0.157. The van der Waals surface area contributed by atoms with Crippen LogP contribution < -0.4 is 5.73 Å². The molecule has 0 saturated heterocycles. The minimum Gasteiger partial charge on any atom is -0.325 e. The van der Waals surface area contributed by atoms with Crippen LogP contribution in [0.5, 0.6) is 0 Å². The molecule has 1 aromatic rings. The number of benzene rings is 1. The smallest absolute Gasteiger partial charge is 0.123 e. The van der Waals surface area contributed by atoms with Crippen LogP contribution in [0.2, 0.25) is 0 Å². The first-order valence-corrected chi connectivity index (χ1v) is 6.94. The first-order valence-electron chi connectivity index (χ1n) is 6.94. The summed E-state index contributed by atoms with van der Waals surface area (Å²) < 4.78 is 13.4. The van der Waals surface area contributed by atoms with E-state index in [1.54, 1.807) is 6.07 Å². The van der Waals surface area contributed by atoms with Gasteiger partial charge in [-0.3, -0.25) is 0 Å². The Labute approximate surface area is 110 Å². The van der Waals surface area contributed by atoms with Crippen LogP contribution in [0.1, 0.15) is 44.2 Å². The molecule has 0 amide bonds. The van der Waals surface area contributed by atoms with Gasteiger partial charge in [-0.05, 0) is 61.3 Å². The van der Waals surface area contributed by atoms with Crippen LogP contribution in [-0.2, 0) is 6.42 Å². The van der Waals surface area contributed by atoms with Gasteiger partial charge in [-0.1, -0.05) is 26.3 Å². The highest BCUT2D eigenvalue weighted by atomic mass is 19.1. The van der Waals surface area contributed by atoms with Crippen LogP contribution in [0.25, 0.3) is 0 Å². The zero-order valence-corrected chi connectivity index (χ0v) is 11.7. The molecule has 18 heavy (non-hydrogen) atoms. The molecule has 1 fully saturated rings. The van der Waals surface area contributed by atoms with Crippen molar-refractivity contribution in [1.29, 1.82) is 0 Å². The molecule has 0 aliphatic heterocycles. The van der Waals surface area contributed by atoms with Crippen LogP contribution in [0.15, 0.2) is 18.2 Å². The number of hydrogen-bond acceptors (Lipinski definition) is 1. The number of halogens is 1. The highest BCUT2D eigenvalue weighted by molar-refractivity contribution is 5.28. The molecule has 0 bridgehead atoms. The average molecular weight is 249 g/mol. The molecular weight excluding hydrogens is 225 g/mol. The van der Waals surface area contributed by atoms with Gasteiger partial charge in [0.05, 0.1) is 0 Å². The lowest BCUT2D eigenvalue weighted by Crippen LogP contribution is -2.51. The summed E-state index contributed by atoms with van der Waals surface area (Å²) in [5, 5.41) is 0. The largest absolute Gasteiger partial charge is 0.325 e. The van der Waals surface area contributed by atoms with Crippen LogP contribution in [-0.4, -0.2) is 5.54 Å². The Bertz CT molecular complexity index is 429. The van der Waals surface area contributed by atoms with Crippen LogP contribution in [0, 0.1) is 24.6 Å². The third kappa shape index (κ3) is 2.74. The van der Waals surface area contributed by atoms with Crippen molar-refractivity contribution in [2.24, 2.45) is 17.6 Å². The van der Waals surface area contributed by atoms with Crippen molar-refractivity contribution in [1.82, 2.24) is 0 Å². The molecule has 2 heteroatoms. The van der Waals surface area contributed by atoms with Gasteiger partial charge in [-0.25, -0.2) is 4.39 Å². The summed E-state index contributed by atoms with van der Waals surface area (Å²) in [5.74, 6) is 1.03. The van der Waals surface area contributed by atoms with Gasteiger partial charge < -0.3 is 5.73 Å². The molecule has 1 aliphatic carbocycles. The van der Waals surface area contributed by atoms with Crippen molar-refractivity contribution in [2.45, 2.75) is 52.0 Å². The van der Waals surface area contributed by atoms with Crippen molar-refractivity contribution in [2.75, 3.05) is 0 Å². The fourth-order valence-corrected chi connectivity index (χ4v) is 3.21. The molecule has 1 aliphatic rings. The first-order chi connectivity index (χ1) is 8.40. The Balaban J connectivity index is 2.23. The second-order valence-corrected chi connectivity index (χ2v) is 6.27. The highest BCUT2D eigenvalue weighted by Gasteiger charge is 2.37. The molecule has 1 nitrogen and oxygen atoms in total. The lowest BCUT2D eigenvalue weighted by Gasteiger charge is -2.42. The average Bonchev–Trinajstić information content (AvgIpc) is 2.29. The maximum atomic E-state index is 13.4. The molecule has 1 aromatic carbocycles. The second-order valence-electron chi connectivity index (χ2n) is 6.27. The third-order valence-electron chi connectivity index (χ3n) is 4.63. The van der Waals surface area contributed by atoms with Gasteiger partial charge in [0.1, 0.15) is 5.82 Å². The van der Waals surface area contributed by atoms with E-state index in [2.05, 4.69) is 13.8 Å². The number of rotatable bonds is 2. The molecule has 3 atom stereocenters. The van der Waals surface area contributed by atoms with Crippen molar-refractivity contribution in [3.05, 3.63) is 35.1 Å². The zero-order chi connectivity index (χ0) is 13.3. The second kappa shape index (κ2) is 5.00. The lowest BCUT2D eigenvalue weighted by molar-refractivity contribution is 0.161. The summed E-state index contributed by atoms with van der Waals surface area (Å²) in [6.45, 7) is 6.54. The van der Waals surface area contributed by atoms with E-state index < -0.39 is 0 Å². The summed E-state index contributed by atoms with van der Waals surface area (Å²) in [7, 11) is 0. The number of hydrogen-bond donors (Lipinski definition) is 1. The highest BCUT2D eigenvalue weighted by Crippen LogP contribution is 2.37. The number of nitrogens with two attached hydrogens (primary N) is 1. The fourth-order valence-electron chi connectivity index (χ4n) is 3.21. The maximum Gasteiger partial charge on any atom is 0.123 e. The van der Waals surface area contributed by atoms with Gasteiger partial charge in [0.2, 0.25) is 0 Å². The quantitative estimate of drug-likeness (QED) is 0.847. The maximum absolute atomic E-state index is 13.4. The van der Waals surface area contributed by atoms with E-state index in [0.717, 1.165) is 24.0 Å². The van der Waals surface area contributed by atoms with E-state index in [0.29, 0.717) is 11.8 Å². The monoisotopic (exact) mass is 249 g/mol. The zero-order valence-electron chi connectivity index (χ0n) is 11.7. The molecule has 0 aromatic heterocycles. The molecule has 100 valence electrons. The van der Waals surface area contributed by atoms with Crippen LogP contribution in [0.4, 0.5) is 4.39 Å². The van der Waals surface area contributed by atoms with Gasteiger partial charge in [0.25, 0.3) is 0 Å². The van der Waals surface area contributed by atoms with Gasteiger partial charge in [0.15, 0.2) is 0 Å². The Kier molecular flexibility index (Phi) is 3.76. The molecule has 1 saturated carbocycles. The predicted octanol–water partition coefficient (Wildman–Crippen LogP) is 3.83. The molecule has 3 unspecified atom stereocenters. The van der Waals surface area contributed by atoms with Gasteiger partial charge in [-0.2, -0.15) is 0 Å². The van der Waals surface area contributed by atoms with E-state index in [9.17, 15) is 4.39 Å². The standard InChI is InChI=1S/C16H24FN/c1-11-4-6-13(3)16(18,9-11)10-14-8-15(17)7-5-12(14)2/h5,7-8,11,13H,4,6,9-10,18H2,1-3H3. The summed E-state index contributed by atoms with van der Waals surface area (Å²) in [5.41, 5.74) is 8.66. The van der Waals surface area contributed by atoms with E-state index >= 15 is 0 Å². The van der Waals surface area contributed by atoms with Crippen molar-refractivity contribution < 1.29 is 4.39 Å². The molecular formula is C16H24FN. The van der Waals surface area contributed by atoms with Crippen molar-refractivity contribution in [3.63, 3.8) is 0 Å². The van der Waals surface area contributed by atoms with E-state index in [1.807, 2.05) is 13.0 Å². The van der Waals surface area contributed by atoms with Crippen molar-refractivity contribution in [3.8, 4) is 0 Å². The van der Waals surface area contributed by atoms with Gasteiger partial charge in [0, 0.05) is 5.54 Å². The Morgan fingerprint density at radius 2 is 2.06 bits per heavy atom. The molecule has 2 N–H and O–H groups in total. The molecule has 2 rings (SSSR count). The fraction of sp³-hybridized carbons (Fsp3) is 0.625. The summed E-state index contributed by atoms with van der Waals surface area (Å²) >= 11 is 0. The SMILES string of the molecule is Cc1ccc(F)cc1CC1(N)CC(C)CCC1C.